The molecule has 1 N–H and O–H groups in total. The van der Waals surface area contributed by atoms with Gasteiger partial charge in [0, 0.05) is 35.8 Å². The van der Waals surface area contributed by atoms with Crippen molar-refractivity contribution in [3.8, 4) is 0 Å². The summed E-state index contributed by atoms with van der Waals surface area (Å²) in [6.45, 7) is 1.04. The zero-order valence-electron chi connectivity index (χ0n) is 18.5. The lowest BCUT2D eigenvalue weighted by molar-refractivity contribution is -0.143. The van der Waals surface area contributed by atoms with E-state index >= 15 is 0 Å². The smallest absolute Gasteiger partial charge is 0.376 e. The van der Waals surface area contributed by atoms with Gasteiger partial charge in [-0.2, -0.15) is 26.3 Å². The van der Waals surface area contributed by atoms with Crippen LogP contribution in [0.5, 0.6) is 0 Å². The highest BCUT2D eigenvalue weighted by Gasteiger charge is 2.47. The van der Waals surface area contributed by atoms with Crippen LogP contribution in [-0.4, -0.2) is 30.2 Å². The third-order valence-corrected chi connectivity index (χ3v) is 6.52. The Labute approximate surface area is 192 Å². The number of alkyl halides is 6. The molecule has 3 atom stereocenters. The number of para-hydroxylation sites is 1. The highest BCUT2D eigenvalue weighted by atomic mass is 19.4. The zero-order valence-corrected chi connectivity index (χ0v) is 18.5. The van der Waals surface area contributed by atoms with Crippen LogP contribution in [0.25, 0.3) is 10.9 Å². The zero-order chi connectivity index (χ0) is 24.4. The number of rotatable bonds is 4. The van der Waals surface area contributed by atoms with E-state index in [2.05, 4.69) is 9.88 Å². The van der Waals surface area contributed by atoms with Gasteiger partial charge in [-0.25, -0.2) is 0 Å². The fourth-order valence-corrected chi connectivity index (χ4v) is 5.23. The number of hydrogen-bond donors (Lipinski definition) is 1. The molecular weight excluding hydrogens is 460 g/mol. The second kappa shape index (κ2) is 7.91. The lowest BCUT2D eigenvalue weighted by atomic mass is 9.93. The highest BCUT2D eigenvalue weighted by molar-refractivity contribution is 5.86. The van der Waals surface area contributed by atoms with Crippen molar-refractivity contribution in [1.29, 1.82) is 0 Å². The predicted octanol–water partition coefficient (Wildman–Crippen LogP) is 6.44. The number of anilines is 1. The Morgan fingerprint density at radius 3 is 2.26 bits per heavy atom. The minimum absolute atomic E-state index is 0.121. The number of halogens is 6. The van der Waals surface area contributed by atoms with Crippen LogP contribution in [0.3, 0.4) is 0 Å². The number of hydrogen-bond acceptors (Lipinski definition) is 3. The Morgan fingerprint density at radius 1 is 1.00 bits per heavy atom. The molecule has 1 fully saturated rings. The van der Waals surface area contributed by atoms with Crippen LogP contribution >= 0.6 is 0 Å². The SMILES string of the molecule is CN(C)Cc1c2n(c3ccccc13)[C@H]1OCC[C@H]1[C@H]2Nc1cc(C(F)(F)F)cc(C(F)(F)F)c1. The van der Waals surface area contributed by atoms with Crippen LogP contribution < -0.4 is 5.32 Å². The van der Waals surface area contributed by atoms with Crippen molar-refractivity contribution < 1.29 is 31.1 Å². The van der Waals surface area contributed by atoms with E-state index in [4.69, 9.17) is 4.74 Å². The molecule has 0 bridgehead atoms. The van der Waals surface area contributed by atoms with E-state index in [9.17, 15) is 26.3 Å². The van der Waals surface area contributed by atoms with Crippen LogP contribution in [0.1, 0.15) is 41.1 Å². The number of ether oxygens (including phenoxy) is 1. The van der Waals surface area contributed by atoms with Crippen molar-refractivity contribution in [2.45, 2.75) is 37.6 Å². The maximum atomic E-state index is 13.4. The summed E-state index contributed by atoms with van der Waals surface area (Å²) in [7, 11) is 3.83. The van der Waals surface area contributed by atoms with Gasteiger partial charge in [-0.05, 0) is 50.3 Å². The molecule has 2 aliphatic rings. The van der Waals surface area contributed by atoms with E-state index in [0.29, 0.717) is 19.6 Å². The maximum Gasteiger partial charge on any atom is 0.416 e. The van der Waals surface area contributed by atoms with Crippen LogP contribution in [0, 0.1) is 5.92 Å². The number of benzene rings is 2. The summed E-state index contributed by atoms with van der Waals surface area (Å²) < 4.78 is 88.6. The van der Waals surface area contributed by atoms with Crippen LogP contribution in [0.15, 0.2) is 42.5 Å². The van der Waals surface area contributed by atoms with Gasteiger partial charge in [-0.3, -0.25) is 0 Å². The summed E-state index contributed by atoms with van der Waals surface area (Å²) >= 11 is 0. The number of nitrogens with zero attached hydrogens (tertiary/aromatic N) is 2. The van der Waals surface area contributed by atoms with Crippen LogP contribution in [0.2, 0.25) is 0 Å². The molecule has 0 amide bonds. The van der Waals surface area contributed by atoms with E-state index in [-0.39, 0.29) is 23.9 Å². The van der Waals surface area contributed by atoms with Gasteiger partial charge in [0.2, 0.25) is 0 Å². The molecule has 10 heteroatoms. The van der Waals surface area contributed by atoms with Gasteiger partial charge in [0.05, 0.1) is 22.7 Å². The second-order valence-electron chi connectivity index (χ2n) is 9.12. The fraction of sp³-hybridized carbons (Fsp3) is 0.417. The minimum atomic E-state index is -4.91. The molecule has 4 nitrogen and oxygen atoms in total. The first kappa shape index (κ1) is 23.0. The molecule has 0 aliphatic carbocycles. The normalized spacial score (nSPS) is 22.4. The van der Waals surface area contributed by atoms with Crippen molar-refractivity contribution in [2.75, 3.05) is 26.0 Å². The van der Waals surface area contributed by atoms with Crippen LogP contribution in [0.4, 0.5) is 32.0 Å². The van der Waals surface area contributed by atoms with Gasteiger partial charge in [0.25, 0.3) is 0 Å². The van der Waals surface area contributed by atoms with Gasteiger partial charge in [-0.15, -0.1) is 0 Å². The summed E-state index contributed by atoms with van der Waals surface area (Å²) in [5.41, 5.74) is -0.121. The largest absolute Gasteiger partial charge is 0.416 e. The maximum absolute atomic E-state index is 13.4. The molecule has 2 aliphatic heterocycles. The van der Waals surface area contributed by atoms with E-state index in [0.717, 1.165) is 34.3 Å². The first-order valence-corrected chi connectivity index (χ1v) is 10.9. The lowest BCUT2D eigenvalue weighted by Crippen LogP contribution is -2.20. The molecule has 0 saturated carbocycles. The van der Waals surface area contributed by atoms with E-state index < -0.39 is 29.5 Å². The third-order valence-electron chi connectivity index (χ3n) is 6.52. The Morgan fingerprint density at radius 2 is 1.65 bits per heavy atom. The predicted molar refractivity (Wildman–Crippen MR) is 115 cm³/mol. The number of aromatic nitrogens is 1. The molecule has 3 aromatic rings. The first-order valence-electron chi connectivity index (χ1n) is 10.9. The standard InChI is InChI=1S/C24H23F6N3O/c1-32(2)12-18-16-5-3-4-6-19(16)33-21(18)20(17-7-8-34-22(17)33)31-15-10-13(23(25,26)27)9-14(11-15)24(28,29)30/h3-6,9-11,17,20,22,31H,7-8,12H2,1-2H3/t17-,20+,22-/m0/s1. The average molecular weight is 483 g/mol. The minimum Gasteiger partial charge on any atom is -0.376 e. The van der Waals surface area contributed by atoms with Gasteiger partial charge in [-0.1, -0.05) is 18.2 Å². The van der Waals surface area contributed by atoms with E-state index in [1.807, 2.05) is 43.3 Å². The Balaban J connectivity index is 1.66. The molecule has 1 aromatic heterocycles. The molecule has 1 saturated heterocycles. The molecular formula is C24H23F6N3O. The van der Waals surface area contributed by atoms with Gasteiger partial charge < -0.3 is 19.5 Å². The third kappa shape index (κ3) is 3.82. The van der Waals surface area contributed by atoms with Gasteiger partial charge >= 0.3 is 12.4 Å². The molecule has 182 valence electrons. The van der Waals surface area contributed by atoms with Crippen molar-refractivity contribution in [1.82, 2.24) is 9.47 Å². The van der Waals surface area contributed by atoms with Crippen LogP contribution in [-0.2, 0) is 23.6 Å². The van der Waals surface area contributed by atoms with Gasteiger partial charge in [0.1, 0.15) is 6.23 Å². The molecule has 3 heterocycles. The summed E-state index contributed by atoms with van der Waals surface area (Å²) in [5, 5.41) is 4.04. The number of fused-ring (bicyclic) bond motifs is 5. The monoisotopic (exact) mass is 483 g/mol. The summed E-state index contributed by atoms with van der Waals surface area (Å²) in [6.07, 6.45) is -9.50. The van der Waals surface area contributed by atoms with Crippen molar-refractivity contribution in [3.05, 3.63) is 64.8 Å². The van der Waals surface area contributed by atoms with E-state index in [1.165, 1.54) is 0 Å². The molecule has 0 unspecified atom stereocenters. The van der Waals surface area contributed by atoms with Crippen molar-refractivity contribution in [2.24, 2.45) is 5.92 Å². The van der Waals surface area contributed by atoms with Gasteiger partial charge in [0.15, 0.2) is 0 Å². The lowest BCUT2D eigenvalue weighted by Gasteiger charge is -2.23. The number of nitrogens with one attached hydrogen (secondary N) is 1. The molecule has 5 rings (SSSR count). The summed E-state index contributed by atoms with van der Waals surface area (Å²) in [5.74, 6) is -0.121. The van der Waals surface area contributed by atoms with Crippen molar-refractivity contribution in [3.63, 3.8) is 0 Å². The quantitative estimate of drug-likeness (QED) is 0.433. The first-order chi connectivity index (χ1) is 15.9. The fourth-order valence-electron chi connectivity index (χ4n) is 5.23. The highest BCUT2D eigenvalue weighted by Crippen LogP contribution is 2.52. The molecule has 0 radical (unpaired) electrons. The molecule has 34 heavy (non-hydrogen) atoms. The Kier molecular flexibility index (Phi) is 5.36. The Hall–Kier alpha value is -2.72. The average Bonchev–Trinajstić information content (AvgIpc) is 3.40. The Bertz CT molecular complexity index is 1200. The second-order valence-corrected chi connectivity index (χ2v) is 9.12. The molecule has 2 aromatic carbocycles. The topological polar surface area (TPSA) is 29.4 Å². The van der Waals surface area contributed by atoms with E-state index in [1.54, 1.807) is 0 Å². The summed E-state index contributed by atoms with van der Waals surface area (Å²) in [6, 6.07) is 8.90. The van der Waals surface area contributed by atoms with Crippen molar-refractivity contribution >= 4 is 16.6 Å². The summed E-state index contributed by atoms with van der Waals surface area (Å²) in [4.78, 5) is 1.99. The molecule has 0 spiro atoms.